The SMILES string of the molecule is CNC(c1c(Cl)cnn1C)C1CCc2ccccc21. The van der Waals surface area contributed by atoms with E-state index < -0.39 is 0 Å². The molecule has 0 amide bonds. The van der Waals surface area contributed by atoms with Crippen LogP contribution in [0.1, 0.15) is 35.2 Å². The summed E-state index contributed by atoms with van der Waals surface area (Å²) in [5, 5.41) is 8.42. The lowest BCUT2D eigenvalue weighted by Crippen LogP contribution is -2.25. The summed E-state index contributed by atoms with van der Waals surface area (Å²) in [5.74, 6) is 0.467. The average Bonchev–Trinajstić information content (AvgIpc) is 2.98. The van der Waals surface area contributed by atoms with E-state index in [1.165, 1.54) is 11.1 Å². The number of hydrogen-bond donors (Lipinski definition) is 1. The molecular weight excluding hydrogens is 258 g/mol. The molecule has 0 saturated carbocycles. The Balaban J connectivity index is 2.01. The van der Waals surface area contributed by atoms with Crippen LogP contribution in [0.25, 0.3) is 0 Å². The molecular formula is C15H18ClN3. The molecule has 3 rings (SSSR count). The lowest BCUT2D eigenvalue weighted by molar-refractivity contribution is 0.448. The second-order valence-electron chi connectivity index (χ2n) is 5.11. The highest BCUT2D eigenvalue weighted by molar-refractivity contribution is 6.31. The van der Waals surface area contributed by atoms with E-state index in [0.29, 0.717) is 5.92 Å². The Kier molecular flexibility index (Phi) is 3.33. The van der Waals surface area contributed by atoms with Crippen molar-refractivity contribution in [1.29, 1.82) is 0 Å². The number of aryl methyl sites for hydroxylation is 2. The highest BCUT2D eigenvalue weighted by Crippen LogP contribution is 2.42. The van der Waals surface area contributed by atoms with Gasteiger partial charge in [-0.3, -0.25) is 4.68 Å². The Morgan fingerprint density at radius 3 is 2.89 bits per heavy atom. The third-order valence-corrected chi connectivity index (χ3v) is 4.42. The molecule has 0 bridgehead atoms. The van der Waals surface area contributed by atoms with Crippen LogP contribution in [0.15, 0.2) is 30.5 Å². The second kappa shape index (κ2) is 4.99. The van der Waals surface area contributed by atoms with Crippen molar-refractivity contribution in [2.75, 3.05) is 7.05 Å². The molecule has 0 aliphatic heterocycles. The van der Waals surface area contributed by atoms with Gasteiger partial charge in [-0.2, -0.15) is 5.10 Å². The Morgan fingerprint density at radius 1 is 1.42 bits per heavy atom. The van der Waals surface area contributed by atoms with Crippen LogP contribution in [0.5, 0.6) is 0 Å². The van der Waals surface area contributed by atoms with Crippen LogP contribution >= 0.6 is 11.6 Å². The highest BCUT2D eigenvalue weighted by atomic mass is 35.5. The van der Waals surface area contributed by atoms with Gasteiger partial charge in [0.1, 0.15) is 0 Å². The second-order valence-corrected chi connectivity index (χ2v) is 5.52. The van der Waals surface area contributed by atoms with Gasteiger partial charge in [-0.05, 0) is 31.0 Å². The van der Waals surface area contributed by atoms with Gasteiger partial charge in [0, 0.05) is 13.0 Å². The normalized spacial score (nSPS) is 19.4. The molecule has 4 heteroatoms. The number of likely N-dealkylation sites (N-methyl/N-ethyl adjacent to an activating group) is 1. The van der Waals surface area contributed by atoms with Crippen molar-refractivity contribution < 1.29 is 0 Å². The Bertz CT molecular complexity index is 571. The van der Waals surface area contributed by atoms with E-state index in [-0.39, 0.29) is 6.04 Å². The summed E-state index contributed by atoms with van der Waals surface area (Å²) in [4.78, 5) is 0. The molecule has 0 spiro atoms. The van der Waals surface area contributed by atoms with Crippen LogP contribution in [-0.2, 0) is 13.5 Å². The molecule has 100 valence electrons. The predicted octanol–water partition coefficient (Wildman–Crippen LogP) is 3.06. The number of halogens is 1. The van der Waals surface area contributed by atoms with Crippen molar-refractivity contribution in [2.45, 2.75) is 24.8 Å². The molecule has 0 saturated heterocycles. The maximum atomic E-state index is 6.30. The summed E-state index contributed by atoms with van der Waals surface area (Å²) in [7, 11) is 3.95. The van der Waals surface area contributed by atoms with Crippen molar-refractivity contribution in [1.82, 2.24) is 15.1 Å². The Morgan fingerprint density at radius 2 is 2.21 bits per heavy atom. The van der Waals surface area contributed by atoms with Gasteiger partial charge in [-0.15, -0.1) is 0 Å². The number of benzene rings is 1. The van der Waals surface area contributed by atoms with Gasteiger partial charge >= 0.3 is 0 Å². The van der Waals surface area contributed by atoms with Crippen molar-refractivity contribution in [2.24, 2.45) is 7.05 Å². The number of nitrogens with one attached hydrogen (secondary N) is 1. The van der Waals surface area contributed by atoms with Gasteiger partial charge in [0.05, 0.1) is 23.0 Å². The van der Waals surface area contributed by atoms with Crippen LogP contribution in [0, 0.1) is 0 Å². The molecule has 2 atom stereocenters. The number of hydrogen-bond acceptors (Lipinski definition) is 2. The molecule has 19 heavy (non-hydrogen) atoms. The summed E-state index contributed by atoms with van der Waals surface area (Å²) in [6.45, 7) is 0. The number of fused-ring (bicyclic) bond motifs is 1. The summed E-state index contributed by atoms with van der Waals surface area (Å²) in [5.41, 5.74) is 3.98. The van der Waals surface area contributed by atoms with Crippen molar-refractivity contribution in [3.8, 4) is 0 Å². The molecule has 0 radical (unpaired) electrons. The zero-order valence-electron chi connectivity index (χ0n) is 11.2. The molecule has 1 aliphatic rings. The van der Waals surface area contributed by atoms with Crippen LogP contribution in [0.4, 0.5) is 0 Å². The highest BCUT2D eigenvalue weighted by Gasteiger charge is 2.32. The molecule has 1 aromatic heterocycles. The Hall–Kier alpha value is -1.32. The summed E-state index contributed by atoms with van der Waals surface area (Å²) >= 11 is 6.30. The fourth-order valence-corrected chi connectivity index (χ4v) is 3.52. The first-order valence-corrected chi connectivity index (χ1v) is 7.02. The maximum absolute atomic E-state index is 6.30. The van der Waals surface area contributed by atoms with E-state index in [1.54, 1.807) is 6.20 Å². The molecule has 1 aromatic carbocycles. The van der Waals surface area contributed by atoms with Gasteiger partial charge in [-0.25, -0.2) is 0 Å². The largest absolute Gasteiger partial charge is 0.311 e. The van der Waals surface area contributed by atoms with Gasteiger partial charge in [0.2, 0.25) is 0 Å². The zero-order valence-corrected chi connectivity index (χ0v) is 12.0. The first-order valence-electron chi connectivity index (χ1n) is 6.65. The van der Waals surface area contributed by atoms with E-state index in [4.69, 9.17) is 11.6 Å². The van der Waals surface area contributed by atoms with Gasteiger partial charge in [-0.1, -0.05) is 35.9 Å². The minimum atomic E-state index is 0.212. The first kappa shape index (κ1) is 12.7. The molecule has 1 aliphatic carbocycles. The average molecular weight is 276 g/mol. The minimum absolute atomic E-state index is 0.212. The summed E-state index contributed by atoms with van der Waals surface area (Å²) in [6, 6.07) is 8.92. The van der Waals surface area contributed by atoms with E-state index in [2.05, 4.69) is 34.7 Å². The Labute approximate surface area is 118 Å². The fourth-order valence-electron chi connectivity index (χ4n) is 3.23. The molecule has 0 fully saturated rings. The monoisotopic (exact) mass is 275 g/mol. The van der Waals surface area contributed by atoms with Crippen molar-refractivity contribution in [3.63, 3.8) is 0 Å². The third kappa shape index (κ3) is 2.07. The van der Waals surface area contributed by atoms with Crippen molar-refractivity contribution >= 4 is 11.6 Å². The molecule has 2 aromatic rings. The van der Waals surface area contributed by atoms with Crippen LogP contribution < -0.4 is 5.32 Å². The van der Waals surface area contributed by atoms with E-state index in [9.17, 15) is 0 Å². The quantitative estimate of drug-likeness (QED) is 0.933. The molecule has 2 unspecified atom stereocenters. The topological polar surface area (TPSA) is 29.9 Å². The smallest absolute Gasteiger partial charge is 0.0834 e. The lowest BCUT2D eigenvalue weighted by Gasteiger charge is -2.24. The van der Waals surface area contributed by atoms with Gasteiger partial charge < -0.3 is 5.32 Å². The fraction of sp³-hybridized carbons (Fsp3) is 0.400. The van der Waals surface area contributed by atoms with Gasteiger partial charge in [0.25, 0.3) is 0 Å². The first-order chi connectivity index (χ1) is 9.22. The van der Waals surface area contributed by atoms with E-state index >= 15 is 0 Å². The molecule has 1 N–H and O–H groups in total. The van der Waals surface area contributed by atoms with Crippen LogP contribution in [0.2, 0.25) is 5.02 Å². The standard InChI is InChI=1S/C15H18ClN3/c1-17-14(15-13(16)9-18-19(15)2)12-8-7-10-5-3-4-6-11(10)12/h3-6,9,12,14,17H,7-8H2,1-2H3. The summed E-state index contributed by atoms with van der Waals surface area (Å²) < 4.78 is 1.88. The maximum Gasteiger partial charge on any atom is 0.0834 e. The van der Waals surface area contributed by atoms with E-state index in [0.717, 1.165) is 23.6 Å². The van der Waals surface area contributed by atoms with Gasteiger partial charge in [0.15, 0.2) is 0 Å². The third-order valence-electron chi connectivity index (χ3n) is 4.12. The van der Waals surface area contributed by atoms with Crippen LogP contribution in [-0.4, -0.2) is 16.8 Å². The number of nitrogens with zero attached hydrogens (tertiary/aromatic N) is 2. The number of rotatable bonds is 3. The molecule has 1 heterocycles. The summed E-state index contributed by atoms with van der Waals surface area (Å²) in [6.07, 6.45) is 4.03. The molecule has 3 nitrogen and oxygen atoms in total. The number of aromatic nitrogens is 2. The predicted molar refractivity (Wildman–Crippen MR) is 77.5 cm³/mol. The zero-order chi connectivity index (χ0) is 13.4. The van der Waals surface area contributed by atoms with Crippen molar-refractivity contribution in [3.05, 3.63) is 52.3 Å². The van der Waals surface area contributed by atoms with E-state index in [1.807, 2.05) is 18.8 Å². The van der Waals surface area contributed by atoms with Crippen LogP contribution in [0.3, 0.4) is 0 Å². The minimum Gasteiger partial charge on any atom is -0.311 e. The lowest BCUT2D eigenvalue weighted by atomic mass is 9.91.